The maximum absolute atomic E-state index is 13.7. The van der Waals surface area contributed by atoms with Gasteiger partial charge in [0, 0.05) is 10.6 Å². The Hall–Kier alpha value is -1.37. The Morgan fingerprint density at radius 1 is 0.810 bits per heavy atom. The van der Waals surface area contributed by atoms with E-state index in [0.717, 1.165) is 34.6 Å². The van der Waals surface area contributed by atoms with E-state index in [2.05, 4.69) is 12.1 Å². The van der Waals surface area contributed by atoms with Crippen molar-refractivity contribution in [2.75, 3.05) is 0 Å². The molecule has 1 fully saturated rings. The molecule has 0 aromatic heterocycles. The fraction of sp³-hybridized carbons (Fsp3) is 0.333. The van der Waals surface area contributed by atoms with E-state index in [1.165, 1.54) is 19.3 Å². The predicted octanol–water partition coefficient (Wildman–Crippen LogP) is 4.25. The fourth-order valence-electron chi connectivity index (χ4n) is 3.54. The van der Waals surface area contributed by atoms with Crippen LogP contribution < -0.4 is 10.6 Å². The SMILES string of the molecule is O=P1(OC2CCCCC2)c2ccccc2-c2ccccc21. The van der Waals surface area contributed by atoms with Crippen LogP contribution in [-0.2, 0) is 9.09 Å². The van der Waals surface area contributed by atoms with E-state index in [1.54, 1.807) is 0 Å². The van der Waals surface area contributed by atoms with Crippen LogP contribution in [0, 0.1) is 0 Å². The van der Waals surface area contributed by atoms with Gasteiger partial charge in [-0.1, -0.05) is 55.7 Å². The van der Waals surface area contributed by atoms with Crippen LogP contribution in [0.2, 0.25) is 0 Å². The monoisotopic (exact) mass is 298 g/mol. The maximum atomic E-state index is 13.7. The largest absolute Gasteiger partial charge is 0.319 e. The lowest BCUT2D eigenvalue weighted by molar-refractivity contribution is 0.164. The standard InChI is InChI=1S/C18H19O2P/c19-21(20-14-8-2-1-3-9-14)17-12-6-4-10-15(17)16-11-5-7-13-18(16)21/h4-7,10-14H,1-3,8-9H2. The average molecular weight is 298 g/mol. The summed E-state index contributed by atoms with van der Waals surface area (Å²) in [6, 6.07) is 16.0. The van der Waals surface area contributed by atoms with E-state index in [1.807, 2.05) is 36.4 Å². The number of rotatable bonds is 2. The van der Waals surface area contributed by atoms with Crippen molar-refractivity contribution in [3.05, 3.63) is 48.5 Å². The summed E-state index contributed by atoms with van der Waals surface area (Å²) < 4.78 is 20.0. The highest BCUT2D eigenvalue weighted by Crippen LogP contribution is 2.55. The molecule has 4 rings (SSSR count). The van der Waals surface area contributed by atoms with Gasteiger partial charge in [-0.05, 0) is 36.1 Å². The molecule has 1 aliphatic carbocycles. The Kier molecular flexibility index (Phi) is 3.24. The summed E-state index contributed by atoms with van der Waals surface area (Å²) in [6.07, 6.45) is 5.87. The van der Waals surface area contributed by atoms with E-state index in [-0.39, 0.29) is 6.10 Å². The minimum Gasteiger partial charge on any atom is -0.319 e. The first-order chi connectivity index (χ1) is 10.3. The third-order valence-electron chi connectivity index (χ3n) is 4.58. The van der Waals surface area contributed by atoms with Crippen molar-refractivity contribution in [1.82, 2.24) is 0 Å². The summed E-state index contributed by atoms with van der Waals surface area (Å²) in [4.78, 5) is 0. The van der Waals surface area contributed by atoms with Gasteiger partial charge >= 0.3 is 0 Å². The van der Waals surface area contributed by atoms with Gasteiger partial charge in [0.1, 0.15) is 0 Å². The molecule has 0 unspecified atom stereocenters. The van der Waals surface area contributed by atoms with E-state index < -0.39 is 7.37 Å². The minimum absolute atomic E-state index is 0.142. The Morgan fingerprint density at radius 3 is 1.90 bits per heavy atom. The first-order valence-corrected chi connectivity index (χ1v) is 9.39. The second kappa shape index (κ2) is 5.12. The summed E-state index contributed by atoms with van der Waals surface area (Å²) in [5.41, 5.74) is 2.15. The van der Waals surface area contributed by atoms with Crippen LogP contribution in [0.3, 0.4) is 0 Å². The van der Waals surface area contributed by atoms with Gasteiger partial charge in [-0.15, -0.1) is 0 Å². The molecule has 0 amide bonds. The van der Waals surface area contributed by atoms with Crippen LogP contribution in [0.4, 0.5) is 0 Å². The van der Waals surface area contributed by atoms with Crippen LogP contribution in [0.5, 0.6) is 0 Å². The van der Waals surface area contributed by atoms with Gasteiger partial charge in [0.15, 0.2) is 0 Å². The fourth-order valence-corrected chi connectivity index (χ4v) is 6.25. The van der Waals surface area contributed by atoms with Crippen LogP contribution in [0.15, 0.2) is 48.5 Å². The van der Waals surface area contributed by atoms with Crippen molar-refractivity contribution in [1.29, 1.82) is 0 Å². The number of hydrogen-bond acceptors (Lipinski definition) is 2. The second-order valence-electron chi connectivity index (χ2n) is 5.95. The molecule has 21 heavy (non-hydrogen) atoms. The number of hydrogen-bond donors (Lipinski definition) is 0. The lowest BCUT2D eigenvalue weighted by atomic mass is 9.98. The predicted molar refractivity (Wildman–Crippen MR) is 86.7 cm³/mol. The molecule has 2 aromatic carbocycles. The molecule has 1 saturated carbocycles. The van der Waals surface area contributed by atoms with Gasteiger partial charge in [0.2, 0.25) is 0 Å². The van der Waals surface area contributed by atoms with E-state index in [0.29, 0.717) is 0 Å². The summed E-state index contributed by atoms with van der Waals surface area (Å²) in [6.45, 7) is 0. The molecule has 2 aliphatic rings. The molecule has 0 bridgehead atoms. The zero-order valence-electron chi connectivity index (χ0n) is 12.0. The Balaban J connectivity index is 1.82. The van der Waals surface area contributed by atoms with Crippen molar-refractivity contribution < 1.29 is 9.09 Å². The normalized spacial score (nSPS) is 20.0. The molecule has 1 heterocycles. The molecule has 108 valence electrons. The molecule has 1 aliphatic heterocycles. The minimum atomic E-state index is -2.92. The first-order valence-electron chi connectivity index (χ1n) is 7.77. The molecule has 0 N–H and O–H groups in total. The Morgan fingerprint density at radius 2 is 1.33 bits per heavy atom. The molecular weight excluding hydrogens is 279 g/mol. The van der Waals surface area contributed by atoms with Crippen LogP contribution in [-0.4, -0.2) is 6.10 Å². The summed E-state index contributed by atoms with van der Waals surface area (Å²) in [7, 11) is -2.92. The molecule has 3 heteroatoms. The molecule has 0 spiro atoms. The van der Waals surface area contributed by atoms with Gasteiger partial charge in [-0.2, -0.15) is 0 Å². The molecule has 0 atom stereocenters. The second-order valence-corrected chi connectivity index (χ2v) is 8.23. The van der Waals surface area contributed by atoms with Crippen molar-refractivity contribution >= 4 is 18.0 Å². The van der Waals surface area contributed by atoms with Crippen molar-refractivity contribution in [3.8, 4) is 11.1 Å². The zero-order chi connectivity index (χ0) is 14.3. The smallest absolute Gasteiger partial charge is 0.262 e. The van der Waals surface area contributed by atoms with Gasteiger partial charge in [-0.3, -0.25) is 4.57 Å². The van der Waals surface area contributed by atoms with E-state index >= 15 is 0 Å². The van der Waals surface area contributed by atoms with Crippen molar-refractivity contribution in [2.45, 2.75) is 38.2 Å². The van der Waals surface area contributed by atoms with Crippen LogP contribution in [0.25, 0.3) is 11.1 Å². The maximum Gasteiger partial charge on any atom is 0.262 e. The summed E-state index contributed by atoms with van der Waals surface area (Å²) >= 11 is 0. The van der Waals surface area contributed by atoms with Gasteiger partial charge in [0.25, 0.3) is 7.37 Å². The zero-order valence-corrected chi connectivity index (χ0v) is 12.9. The molecule has 2 nitrogen and oxygen atoms in total. The third-order valence-corrected chi connectivity index (χ3v) is 7.23. The topological polar surface area (TPSA) is 26.3 Å². The average Bonchev–Trinajstić information content (AvgIpc) is 2.79. The van der Waals surface area contributed by atoms with Gasteiger partial charge < -0.3 is 4.52 Å². The van der Waals surface area contributed by atoms with Gasteiger partial charge in [0.05, 0.1) is 6.10 Å². The van der Waals surface area contributed by atoms with Gasteiger partial charge in [-0.25, -0.2) is 0 Å². The first kappa shape index (κ1) is 13.3. The quantitative estimate of drug-likeness (QED) is 0.775. The Labute approximate surface area is 125 Å². The molecule has 0 radical (unpaired) electrons. The number of fused-ring (bicyclic) bond motifs is 3. The lowest BCUT2D eigenvalue weighted by Gasteiger charge is -2.26. The summed E-state index contributed by atoms with van der Waals surface area (Å²) in [5.74, 6) is 0. The number of benzene rings is 2. The van der Waals surface area contributed by atoms with Crippen molar-refractivity contribution in [2.24, 2.45) is 0 Å². The van der Waals surface area contributed by atoms with Crippen LogP contribution in [0.1, 0.15) is 32.1 Å². The van der Waals surface area contributed by atoms with Crippen molar-refractivity contribution in [3.63, 3.8) is 0 Å². The van der Waals surface area contributed by atoms with Crippen LogP contribution >= 0.6 is 7.37 Å². The highest BCUT2D eigenvalue weighted by Gasteiger charge is 2.41. The third kappa shape index (κ3) is 2.09. The molecular formula is C18H19O2P. The van der Waals surface area contributed by atoms with E-state index in [4.69, 9.17) is 4.52 Å². The molecule has 2 aromatic rings. The summed E-state index contributed by atoms with van der Waals surface area (Å²) in [5, 5.41) is 1.77. The van der Waals surface area contributed by atoms with E-state index in [9.17, 15) is 4.57 Å². The highest BCUT2D eigenvalue weighted by atomic mass is 31.2. The molecule has 0 saturated heterocycles. The Bertz CT molecular complexity index is 667. The highest BCUT2D eigenvalue weighted by molar-refractivity contribution is 7.75. The lowest BCUT2D eigenvalue weighted by Crippen LogP contribution is -2.21.